The van der Waals surface area contributed by atoms with E-state index < -0.39 is 11.9 Å². The Bertz CT molecular complexity index is 1470. The number of ketones is 1. The monoisotopic (exact) mass is 543 g/mol. The van der Waals surface area contributed by atoms with Crippen molar-refractivity contribution in [2.24, 2.45) is 0 Å². The van der Waals surface area contributed by atoms with Gasteiger partial charge in [0.05, 0.1) is 25.7 Å². The van der Waals surface area contributed by atoms with Crippen LogP contribution in [0.1, 0.15) is 48.7 Å². The van der Waals surface area contributed by atoms with Gasteiger partial charge in [-0.05, 0) is 68.1 Å². The molecule has 0 saturated heterocycles. The molecule has 1 N–H and O–H groups in total. The van der Waals surface area contributed by atoms with Crippen LogP contribution in [0.4, 0.5) is 0 Å². The first-order valence-electron chi connectivity index (χ1n) is 13.3. The van der Waals surface area contributed by atoms with Gasteiger partial charge in [-0.1, -0.05) is 24.3 Å². The number of aryl methyl sites for hydroxylation is 1. The molecule has 0 bridgehead atoms. The lowest BCUT2D eigenvalue weighted by Crippen LogP contribution is -2.36. The molecule has 2 heterocycles. The molecule has 0 amide bonds. The number of carbonyl (C=O) groups excluding carboxylic acids is 2. The average Bonchev–Trinajstić information content (AvgIpc) is 3.40. The molecule has 0 spiro atoms. The minimum absolute atomic E-state index is 0.0437. The van der Waals surface area contributed by atoms with Crippen LogP contribution in [0.2, 0.25) is 0 Å². The van der Waals surface area contributed by atoms with Crippen LogP contribution in [0.25, 0.3) is 0 Å². The van der Waals surface area contributed by atoms with Crippen molar-refractivity contribution >= 4 is 11.8 Å². The molecule has 0 saturated carbocycles. The van der Waals surface area contributed by atoms with Crippen LogP contribution >= 0.6 is 0 Å². The number of dihydropyridines is 1. The maximum Gasteiger partial charge on any atom is 0.336 e. The van der Waals surface area contributed by atoms with Gasteiger partial charge in [-0.3, -0.25) is 4.79 Å². The quantitative estimate of drug-likeness (QED) is 0.276. The Morgan fingerprint density at radius 1 is 0.950 bits per heavy atom. The van der Waals surface area contributed by atoms with E-state index in [0.29, 0.717) is 58.5 Å². The molecule has 1 aliphatic carbocycles. The van der Waals surface area contributed by atoms with E-state index in [0.717, 1.165) is 11.3 Å². The van der Waals surface area contributed by atoms with Crippen LogP contribution in [0, 0.1) is 6.92 Å². The zero-order chi connectivity index (χ0) is 28.2. The molecule has 208 valence electrons. The fraction of sp³-hybridized carbons (Fsp3) is 0.312. The molecule has 5 rings (SSSR count). The second kappa shape index (κ2) is 11.7. The number of ether oxygens (including phenoxy) is 4. The largest absolute Gasteiger partial charge is 0.493 e. The van der Waals surface area contributed by atoms with Crippen LogP contribution in [-0.2, 0) is 14.3 Å². The Kier molecular flexibility index (Phi) is 7.96. The fourth-order valence-corrected chi connectivity index (χ4v) is 5.43. The standard InChI is InChI=1S/C32H33NO7/c1-19-10-12-27(40-19)31-29(32(35)39-15-14-38-23-8-6-5-7-9-23)20(2)33-24-16-22(17-25(34)30(24)31)21-11-13-26(36-3)28(18-21)37-4/h5-13,18,22,31,33H,14-17H2,1-4H3/t22-,31-/m1/s1. The number of benzene rings is 2. The summed E-state index contributed by atoms with van der Waals surface area (Å²) in [6.45, 7) is 3.94. The van der Waals surface area contributed by atoms with Crippen molar-refractivity contribution in [3.8, 4) is 17.2 Å². The van der Waals surface area contributed by atoms with Gasteiger partial charge in [-0.15, -0.1) is 0 Å². The van der Waals surface area contributed by atoms with Crippen molar-refractivity contribution in [1.29, 1.82) is 0 Å². The van der Waals surface area contributed by atoms with E-state index in [9.17, 15) is 9.59 Å². The third-order valence-electron chi connectivity index (χ3n) is 7.30. The number of nitrogens with one attached hydrogen (secondary N) is 1. The molecule has 3 aromatic rings. The summed E-state index contributed by atoms with van der Waals surface area (Å²) >= 11 is 0. The fourth-order valence-electron chi connectivity index (χ4n) is 5.43. The highest BCUT2D eigenvalue weighted by atomic mass is 16.6. The number of carbonyl (C=O) groups is 2. The molecule has 2 aromatic carbocycles. The summed E-state index contributed by atoms with van der Waals surface area (Å²) in [4.78, 5) is 27.2. The molecule has 40 heavy (non-hydrogen) atoms. The van der Waals surface area contributed by atoms with Gasteiger partial charge < -0.3 is 28.7 Å². The third-order valence-corrected chi connectivity index (χ3v) is 7.30. The number of methoxy groups -OCH3 is 2. The van der Waals surface area contributed by atoms with Crippen LogP contribution in [0.3, 0.4) is 0 Å². The summed E-state index contributed by atoms with van der Waals surface area (Å²) < 4.78 is 28.1. The van der Waals surface area contributed by atoms with Gasteiger partial charge in [-0.2, -0.15) is 0 Å². The van der Waals surface area contributed by atoms with E-state index in [4.69, 9.17) is 23.4 Å². The summed E-state index contributed by atoms with van der Waals surface area (Å²) in [7, 11) is 3.19. The highest BCUT2D eigenvalue weighted by molar-refractivity contribution is 6.04. The topological polar surface area (TPSA) is 96.2 Å². The first-order chi connectivity index (χ1) is 19.4. The Labute approximate surface area is 233 Å². The molecule has 8 nitrogen and oxygen atoms in total. The Morgan fingerprint density at radius 3 is 2.42 bits per heavy atom. The van der Waals surface area contributed by atoms with Crippen LogP contribution < -0.4 is 19.5 Å². The minimum atomic E-state index is -0.661. The molecule has 2 aliphatic rings. The molecule has 8 heteroatoms. The Balaban J connectivity index is 1.40. The molecule has 0 radical (unpaired) electrons. The van der Waals surface area contributed by atoms with Gasteiger partial charge in [0.15, 0.2) is 17.3 Å². The number of Topliss-reactive ketones (excluding diaryl/α,β-unsaturated/α-hetero) is 1. The predicted octanol–water partition coefficient (Wildman–Crippen LogP) is 5.59. The lowest BCUT2D eigenvalue weighted by Gasteiger charge is -2.35. The zero-order valence-corrected chi connectivity index (χ0v) is 23.1. The normalized spacial score (nSPS) is 18.6. The first kappa shape index (κ1) is 27.1. The van der Waals surface area contributed by atoms with Crippen molar-refractivity contribution in [1.82, 2.24) is 5.32 Å². The maximum absolute atomic E-state index is 13.8. The number of hydrogen-bond acceptors (Lipinski definition) is 8. The second-order valence-corrected chi connectivity index (χ2v) is 9.88. The van der Waals surface area contributed by atoms with Crippen molar-refractivity contribution < 1.29 is 33.0 Å². The molecule has 2 atom stereocenters. The lowest BCUT2D eigenvalue weighted by atomic mass is 9.73. The number of furan rings is 1. The minimum Gasteiger partial charge on any atom is -0.493 e. The predicted molar refractivity (Wildman–Crippen MR) is 148 cm³/mol. The smallest absolute Gasteiger partial charge is 0.336 e. The third kappa shape index (κ3) is 5.47. The summed E-state index contributed by atoms with van der Waals surface area (Å²) in [6.07, 6.45) is 0.885. The summed E-state index contributed by atoms with van der Waals surface area (Å²) in [5.41, 5.74) is 3.31. The van der Waals surface area contributed by atoms with E-state index in [2.05, 4.69) is 5.32 Å². The average molecular weight is 544 g/mol. The van der Waals surface area contributed by atoms with Gasteiger partial charge >= 0.3 is 5.97 Å². The van der Waals surface area contributed by atoms with Crippen LogP contribution in [-0.4, -0.2) is 39.2 Å². The number of rotatable bonds is 9. The van der Waals surface area contributed by atoms with E-state index in [1.54, 1.807) is 14.2 Å². The molecular weight excluding hydrogens is 510 g/mol. The highest BCUT2D eigenvalue weighted by Crippen LogP contribution is 2.46. The number of hydrogen-bond donors (Lipinski definition) is 1. The van der Waals surface area contributed by atoms with Crippen LogP contribution in [0.15, 0.2) is 87.6 Å². The van der Waals surface area contributed by atoms with Crippen molar-refractivity contribution in [2.75, 3.05) is 27.4 Å². The van der Waals surface area contributed by atoms with Gasteiger partial charge in [0.1, 0.15) is 30.5 Å². The lowest BCUT2D eigenvalue weighted by molar-refractivity contribution is -0.140. The van der Waals surface area contributed by atoms with E-state index >= 15 is 0 Å². The van der Waals surface area contributed by atoms with Crippen molar-refractivity contribution in [3.63, 3.8) is 0 Å². The summed E-state index contributed by atoms with van der Waals surface area (Å²) in [6, 6.07) is 18.7. The molecule has 1 aromatic heterocycles. The molecule has 0 fully saturated rings. The second-order valence-electron chi connectivity index (χ2n) is 9.88. The zero-order valence-electron chi connectivity index (χ0n) is 23.1. The van der Waals surface area contributed by atoms with Crippen molar-refractivity contribution in [2.45, 2.75) is 38.5 Å². The van der Waals surface area contributed by atoms with Gasteiger partial charge in [0.2, 0.25) is 0 Å². The Morgan fingerprint density at radius 2 is 1.73 bits per heavy atom. The van der Waals surface area contributed by atoms with E-state index in [-0.39, 0.29) is 24.9 Å². The van der Waals surface area contributed by atoms with Crippen molar-refractivity contribution in [3.05, 3.63) is 100 Å². The maximum atomic E-state index is 13.8. The number of allylic oxidation sites excluding steroid dienone is 3. The van der Waals surface area contributed by atoms with E-state index in [1.165, 1.54) is 0 Å². The number of para-hydroxylation sites is 1. The van der Waals surface area contributed by atoms with E-state index in [1.807, 2.05) is 74.5 Å². The highest BCUT2D eigenvalue weighted by Gasteiger charge is 2.43. The van der Waals surface area contributed by atoms with Crippen LogP contribution in [0.5, 0.6) is 17.2 Å². The summed E-state index contributed by atoms with van der Waals surface area (Å²) in [5, 5.41) is 3.36. The Hall–Kier alpha value is -4.46. The number of esters is 1. The van der Waals surface area contributed by atoms with Gasteiger partial charge in [0.25, 0.3) is 0 Å². The van der Waals surface area contributed by atoms with Gasteiger partial charge in [0, 0.05) is 23.4 Å². The van der Waals surface area contributed by atoms with Gasteiger partial charge in [-0.25, -0.2) is 4.79 Å². The molecular formula is C32H33NO7. The first-order valence-corrected chi connectivity index (χ1v) is 13.3. The summed E-state index contributed by atoms with van der Waals surface area (Å²) in [5.74, 6) is 1.91. The molecule has 1 aliphatic heterocycles. The molecule has 0 unspecified atom stereocenters. The SMILES string of the molecule is COc1ccc([C@H]2CC(=O)C3=C(C2)NC(C)=C(C(=O)OCCOc2ccccc2)[C@H]3c2ccc(C)o2)cc1OC.